The second kappa shape index (κ2) is 4.92. The number of nitrogens with zero attached hydrogens (tertiary/aromatic N) is 3. The number of hydrogen-bond donors (Lipinski definition) is 1. The van der Waals surface area contributed by atoms with Gasteiger partial charge < -0.3 is 10.2 Å². The maximum atomic E-state index is 4.48. The summed E-state index contributed by atoms with van der Waals surface area (Å²) in [6.07, 6.45) is 1.20. The minimum atomic E-state index is 0.554. The molecule has 102 valence electrons. The molecule has 2 heterocycles. The Labute approximate surface area is 110 Å². The Hall–Kier alpha value is -1.03. The summed E-state index contributed by atoms with van der Waals surface area (Å²) in [5.74, 6) is 0.671. The number of hydrogen-bond acceptors (Lipinski definition) is 3. The summed E-state index contributed by atoms with van der Waals surface area (Å²) < 4.78 is 1.96. The molecule has 4 heteroatoms. The van der Waals surface area contributed by atoms with Gasteiger partial charge in [0.15, 0.2) is 0 Å². The van der Waals surface area contributed by atoms with Crippen LogP contribution in [0.15, 0.2) is 0 Å². The van der Waals surface area contributed by atoms with Crippen molar-refractivity contribution in [1.29, 1.82) is 0 Å². The lowest BCUT2D eigenvalue weighted by Gasteiger charge is -2.40. The number of piperidine rings is 1. The molecule has 0 saturated carbocycles. The van der Waals surface area contributed by atoms with Gasteiger partial charge in [-0.1, -0.05) is 6.92 Å². The van der Waals surface area contributed by atoms with Crippen LogP contribution in [0, 0.1) is 19.8 Å². The molecular weight excluding hydrogens is 224 g/mol. The lowest BCUT2D eigenvalue weighted by atomic mass is 9.89. The molecule has 1 aliphatic heterocycles. The number of anilines is 1. The predicted molar refractivity (Wildman–Crippen MR) is 76.0 cm³/mol. The zero-order chi connectivity index (χ0) is 13.4. The van der Waals surface area contributed by atoms with Crippen LogP contribution >= 0.6 is 0 Å². The van der Waals surface area contributed by atoms with Crippen LogP contribution < -0.4 is 5.32 Å². The highest BCUT2D eigenvalue weighted by atomic mass is 15.3. The molecular formula is C14H26N4. The van der Waals surface area contributed by atoms with E-state index in [9.17, 15) is 0 Å². The molecule has 1 fully saturated rings. The van der Waals surface area contributed by atoms with Crippen molar-refractivity contribution in [3.05, 3.63) is 11.4 Å². The SMILES string of the molecule is Cc1nn(C)c(C)c1NC1CC(C)N(C)CC1C. The maximum Gasteiger partial charge on any atom is 0.0827 e. The fourth-order valence-corrected chi connectivity index (χ4v) is 2.91. The van der Waals surface area contributed by atoms with Gasteiger partial charge >= 0.3 is 0 Å². The van der Waals surface area contributed by atoms with Crippen LogP contribution in [0.4, 0.5) is 5.69 Å². The zero-order valence-electron chi connectivity index (χ0n) is 12.5. The Morgan fingerprint density at radius 1 is 1.22 bits per heavy atom. The smallest absolute Gasteiger partial charge is 0.0827 e. The summed E-state index contributed by atoms with van der Waals surface area (Å²) >= 11 is 0. The number of likely N-dealkylation sites (tertiary alicyclic amines) is 1. The molecule has 0 aliphatic carbocycles. The van der Waals surface area contributed by atoms with Crippen molar-refractivity contribution in [2.75, 3.05) is 18.9 Å². The molecule has 3 atom stereocenters. The average Bonchev–Trinajstić information content (AvgIpc) is 2.52. The van der Waals surface area contributed by atoms with E-state index in [1.807, 2.05) is 11.7 Å². The molecule has 18 heavy (non-hydrogen) atoms. The molecule has 2 rings (SSSR count). The van der Waals surface area contributed by atoms with Crippen molar-refractivity contribution >= 4 is 5.69 Å². The summed E-state index contributed by atoms with van der Waals surface area (Å²) in [5.41, 5.74) is 3.56. The average molecular weight is 250 g/mol. The van der Waals surface area contributed by atoms with Crippen LogP contribution in [0.3, 0.4) is 0 Å². The third kappa shape index (κ3) is 2.39. The van der Waals surface area contributed by atoms with E-state index in [4.69, 9.17) is 0 Å². The lowest BCUT2D eigenvalue weighted by molar-refractivity contribution is 0.145. The van der Waals surface area contributed by atoms with Gasteiger partial charge in [-0.05, 0) is 40.2 Å². The minimum Gasteiger partial charge on any atom is -0.379 e. The second-order valence-electron chi connectivity index (χ2n) is 5.92. The molecule has 3 unspecified atom stereocenters. The van der Waals surface area contributed by atoms with E-state index in [1.54, 1.807) is 0 Å². The Morgan fingerprint density at radius 3 is 2.44 bits per heavy atom. The van der Waals surface area contributed by atoms with Crippen molar-refractivity contribution in [3.8, 4) is 0 Å². The maximum absolute atomic E-state index is 4.48. The van der Waals surface area contributed by atoms with E-state index >= 15 is 0 Å². The van der Waals surface area contributed by atoms with E-state index in [-0.39, 0.29) is 0 Å². The fraction of sp³-hybridized carbons (Fsp3) is 0.786. The number of rotatable bonds is 2. The molecule has 1 aliphatic rings. The number of nitrogens with one attached hydrogen (secondary N) is 1. The third-order valence-corrected chi connectivity index (χ3v) is 4.45. The monoisotopic (exact) mass is 250 g/mol. The van der Waals surface area contributed by atoms with Gasteiger partial charge in [-0.15, -0.1) is 0 Å². The van der Waals surface area contributed by atoms with E-state index in [0.717, 1.165) is 12.2 Å². The normalized spacial score (nSPS) is 29.6. The Morgan fingerprint density at radius 2 is 1.89 bits per heavy atom. The lowest BCUT2D eigenvalue weighted by Crippen LogP contribution is -2.48. The Kier molecular flexibility index (Phi) is 3.66. The quantitative estimate of drug-likeness (QED) is 0.873. The molecule has 1 saturated heterocycles. The van der Waals surface area contributed by atoms with Crippen molar-refractivity contribution in [1.82, 2.24) is 14.7 Å². The zero-order valence-corrected chi connectivity index (χ0v) is 12.5. The van der Waals surface area contributed by atoms with Gasteiger partial charge in [0, 0.05) is 25.7 Å². The summed E-state index contributed by atoms with van der Waals surface area (Å²) in [6.45, 7) is 10.0. The Balaban J connectivity index is 2.13. The largest absolute Gasteiger partial charge is 0.379 e. The first-order valence-electron chi connectivity index (χ1n) is 6.87. The van der Waals surface area contributed by atoms with E-state index in [1.165, 1.54) is 17.8 Å². The highest BCUT2D eigenvalue weighted by Gasteiger charge is 2.29. The van der Waals surface area contributed by atoms with Crippen LogP contribution in [-0.4, -0.2) is 40.4 Å². The molecule has 4 nitrogen and oxygen atoms in total. The molecule has 1 aromatic rings. The van der Waals surface area contributed by atoms with Crippen LogP contribution in [-0.2, 0) is 7.05 Å². The Bertz CT molecular complexity index is 424. The molecule has 1 N–H and O–H groups in total. The standard InChI is InChI=1S/C14H26N4/c1-9-8-17(5)10(2)7-13(9)15-14-11(3)16-18(6)12(14)4/h9-10,13,15H,7-8H2,1-6H3. The van der Waals surface area contributed by atoms with E-state index in [0.29, 0.717) is 18.0 Å². The number of aryl methyl sites for hydroxylation is 2. The van der Waals surface area contributed by atoms with Crippen LogP contribution in [0.5, 0.6) is 0 Å². The van der Waals surface area contributed by atoms with Gasteiger partial charge in [-0.2, -0.15) is 5.10 Å². The van der Waals surface area contributed by atoms with Crippen molar-refractivity contribution < 1.29 is 0 Å². The molecule has 0 radical (unpaired) electrons. The summed E-state index contributed by atoms with van der Waals surface area (Å²) in [5, 5.41) is 8.21. The molecule has 0 amide bonds. The van der Waals surface area contributed by atoms with Crippen molar-refractivity contribution in [3.63, 3.8) is 0 Å². The fourth-order valence-electron chi connectivity index (χ4n) is 2.91. The first-order valence-corrected chi connectivity index (χ1v) is 6.87. The molecule has 0 aromatic carbocycles. The molecule has 1 aromatic heterocycles. The summed E-state index contributed by atoms with van der Waals surface area (Å²) in [4.78, 5) is 2.45. The summed E-state index contributed by atoms with van der Waals surface area (Å²) in [6, 6.07) is 1.20. The van der Waals surface area contributed by atoms with Gasteiger partial charge in [-0.25, -0.2) is 0 Å². The molecule has 0 bridgehead atoms. The summed E-state index contributed by atoms with van der Waals surface area (Å²) in [7, 11) is 4.23. The van der Waals surface area contributed by atoms with Crippen LogP contribution in [0.2, 0.25) is 0 Å². The van der Waals surface area contributed by atoms with E-state index in [2.05, 4.69) is 50.1 Å². The van der Waals surface area contributed by atoms with Gasteiger partial charge in [0.2, 0.25) is 0 Å². The van der Waals surface area contributed by atoms with Crippen LogP contribution in [0.1, 0.15) is 31.7 Å². The van der Waals surface area contributed by atoms with Gasteiger partial charge in [0.1, 0.15) is 0 Å². The second-order valence-corrected chi connectivity index (χ2v) is 5.92. The van der Waals surface area contributed by atoms with E-state index < -0.39 is 0 Å². The number of aromatic nitrogens is 2. The highest BCUT2D eigenvalue weighted by molar-refractivity contribution is 5.52. The van der Waals surface area contributed by atoms with Crippen molar-refractivity contribution in [2.24, 2.45) is 13.0 Å². The molecule has 0 spiro atoms. The van der Waals surface area contributed by atoms with Gasteiger partial charge in [-0.3, -0.25) is 4.68 Å². The van der Waals surface area contributed by atoms with Gasteiger partial charge in [0.25, 0.3) is 0 Å². The first-order chi connectivity index (χ1) is 8.40. The highest BCUT2D eigenvalue weighted by Crippen LogP contribution is 2.27. The van der Waals surface area contributed by atoms with Gasteiger partial charge in [0.05, 0.1) is 17.1 Å². The predicted octanol–water partition coefficient (Wildman–Crippen LogP) is 2.18. The van der Waals surface area contributed by atoms with Crippen LogP contribution in [0.25, 0.3) is 0 Å². The first kappa shape index (κ1) is 13.4. The minimum absolute atomic E-state index is 0.554. The topological polar surface area (TPSA) is 33.1 Å². The third-order valence-electron chi connectivity index (χ3n) is 4.45. The van der Waals surface area contributed by atoms with Crippen molar-refractivity contribution in [2.45, 2.75) is 46.2 Å².